The van der Waals surface area contributed by atoms with Gasteiger partial charge in [-0.3, -0.25) is 0 Å². The number of benzene rings is 2. The molecule has 3 unspecified atom stereocenters. The van der Waals surface area contributed by atoms with Crippen molar-refractivity contribution in [1.82, 2.24) is 15.0 Å². The highest BCUT2D eigenvalue weighted by Crippen LogP contribution is 2.38. The molecule has 0 saturated heterocycles. The van der Waals surface area contributed by atoms with Crippen molar-refractivity contribution in [2.24, 2.45) is 5.92 Å². The molecule has 2 aromatic carbocycles. The number of aromatic nitrogens is 3. The highest BCUT2D eigenvalue weighted by Gasteiger charge is 2.33. The number of hydrogen-bond donors (Lipinski definition) is 5. The molecule has 4 aromatic rings. The third-order valence-corrected chi connectivity index (χ3v) is 6.99. The number of anilines is 3. The summed E-state index contributed by atoms with van der Waals surface area (Å²) >= 11 is 1.58. The van der Waals surface area contributed by atoms with Gasteiger partial charge in [-0.05, 0) is 44.0 Å². The predicted octanol–water partition coefficient (Wildman–Crippen LogP) is 4.05. The van der Waals surface area contributed by atoms with E-state index in [1.165, 1.54) is 0 Å². The smallest absolute Gasteiger partial charge is 0.229 e. The monoisotopic (exact) mass is 463 g/mol. The quantitative estimate of drug-likeness (QED) is 0.290. The fourth-order valence-corrected chi connectivity index (χ4v) is 5.35. The maximum Gasteiger partial charge on any atom is 0.229 e. The van der Waals surface area contributed by atoms with Crippen LogP contribution in [0.5, 0.6) is 5.75 Å². The average molecular weight is 464 g/mol. The van der Waals surface area contributed by atoms with Crippen molar-refractivity contribution < 1.29 is 15.3 Å². The number of aliphatic hydroxyl groups is 2. The van der Waals surface area contributed by atoms with Crippen molar-refractivity contribution in [1.29, 1.82) is 0 Å². The van der Waals surface area contributed by atoms with Crippen LogP contribution in [0, 0.1) is 12.8 Å². The number of phenols is 1. The van der Waals surface area contributed by atoms with Gasteiger partial charge < -0.3 is 26.0 Å². The zero-order valence-corrected chi connectivity index (χ0v) is 18.9. The third kappa shape index (κ3) is 4.47. The Kier molecular flexibility index (Phi) is 5.84. The Hall–Kier alpha value is -3.27. The van der Waals surface area contributed by atoms with Crippen molar-refractivity contribution in [3.63, 3.8) is 0 Å². The Morgan fingerprint density at radius 3 is 2.67 bits per heavy atom. The van der Waals surface area contributed by atoms with E-state index in [2.05, 4.69) is 15.6 Å². The van der Waals surface area contributed by atoms with Crippen molar-refractivity contribution in [3.05, 3.63) is 54.2 Å². The maximum absolute atomic E-state index is 10.3. The van der Waals surface area contributed by atoms with E-state index < -0.39 is 6.10 Å². The van der Waals surface area contributed by atoms with E-state index in [-0.39, 0.29) is 24.3 Å². The number of phenolic OH excluding ortho intramolecular Hbond substituents is 1. The molecule has 170 valence electrons. The number of aromatic hydroxyl groups is 1. The first-order valence-corrected chi connectivity index (χ1v) is 11.7. The summed E-state index contributed by atoms with van der Waals surface area (Å²) < 4.78 is 1.08. The summed E-state index contributed by atoms with van der Waals surface area (Å²) in [6, 6.07) is 14.7. The van der Waals surface area contributed by atoms with Crippen LogP contribution in [0.4, 0.5) is 17.5 Å². The third-order valence-electron chi connectivity index (χ3n) is 5.93. The first-order valence-electron chi connectivity index (χ1n) is 10.9. The van der Waals surface area contributed by atoms with Gasteiger partial charge in [0.1, 0.15) is 16.6 Å². The SMILES string of the molecule is Cc1nc(Nc2cccc(O)c2)nc(NC2CC(O)C(CO)C2)c1-c1nc2ccccc2s1. The molecular formula is C24H25N5O3S. The number of nitrogens with zero attached hydrogens (tertiary/aromatic N) is 3. The summed E-state index contributed by atoms with van der Waals surface area (Å²) in [4.78, 5) is 14.2. The second-order valence-electron chi connectivity index (χ2n) is 8.34. The van der Waals surface area contributed by atoms with Crippen molar-refractivity contribution in [2.45, 2.75) is 31.9 Å². The Morgan fingerprint density at radius 2 is 1.91 bits per heavy atom. The van der Waals surface area contributed by atoms with Gasteiger partial charge in [-0.25, -0.2) is 9.97 Å². The lowest BCUT2D eigenvalue weighted by Gasteiger charge is -2.18. The van der Waals surface area contributed by atoms with Crippen LogP contribution in [0.1, 0.15) is 18.5 Å². The number of hydrogen-bond acceptors (Lipinski definition) is 9. The fourth-order valence-electron chi connectivity index (χ4n) is 4.29. The minimum atomic E-state index is -0.550. The summed E-state index contributed by atoms with van der Waals surface area (Å²) in [5.41, 5.74) is 3.16. The number of thiazole rings is 1. The van der Waals surface area contributed by atoms with Gasteiger partial charge in [0.2, 0.25) is 5.95 Å². The molecule has 0 bridgehead atoms. The number of fused-ring (bicyclic) bond motifs is 1. The minimum absolute atomic E-state index is 0.0341. The van der Waals surface area contributed by atoms with Crippen LogP contribution in [0.15, 0.2) is 48.5 Å². The molecule has 0 radical (unpaired) electrons. The molecule has 1 saturated carbocycles. The van der Waals surface area contributed by atoms with Gasteiger partial charge in [0.25, 0.3) is 0 Å². The zero-order chi connectivity index (χ0) is 22.9. The van der Waals surface area contributed by atoms with E-state index in [0.717, 1.165) is 26.5 Å². The molecule has 8 nitrogen and oxygen atoms in total. The molecule has 1 aliphatic carbocycles. The summed E-state index contributed by atoms with van der Waals surface area (Å²) in [7, 11) is 0. The zero-order valence-electron chi connectivity index (χ0n) is 18.1. The summed E-state index contributed by atoms with van der Waals surface area (Å²) in [5.74, 6) is 1.01. The lowest BCUT2D eigenvalue weighted by atomic mass is 10.1. The summed E-state index contributed by atoms with van der Waals surface area (Å²) in [6.07, 6.45) is 0.629. The number of rotatable bonds is 6. The Bertz CT molecular complexity index is 1260. The standard InChI is InChI=1S/C24H25N5O3S/c1-13-21(23-28-18-7-2-3-8-20(18)33-23)22(26-16-9-14(12-30)19(32)11-16)29-24(25-13)27-15-5-4-6-17(31)10-15/h2-8,10,14,16,19,30-32H,9,11-12H2,1H3,(H2,25,26,27,29). The van der Waals surface area contributed by atoms with Gasteiger partial charge >= 0.3 is 0 Å². The van der Waals surface area contributed by atoms with Crippen molar-refractivity contribution in [3.8, 4) is 16.3 Å². The number of para-hydroxylation sites is 1. The normalized spacial score (nSPS) is 20.3. The van der Waals surface area contributed by atoms with Gasteiger partial charge in [0, 0.05) is 30.3 Å². The summed E-state index contributed by atoms with van der Waals surface area (Å²) in [5, 5.41) is 37.1. The van der Waals surface area contributed by atoms with Gasteiger partial charge in [0.05, 0.1) is 27.6 Å². The van der Waals surface area contributed by atoms with E-state index in [9.17, 15) is 15.3 Å². The lowest BCUT2D eigenvalue weighted by Crippen LogP contribution is -2.19. The molecule has 0 spiro atoms. The molecule has 33 heavy (non-hydrogen) atoms. The molecule has 5 rings (SSSR count). The van der Waals surface area contributed by atoms with Gasteiger partial charge in [-0.1, -0.05) is 18.2 Å². The first-order chi connectivity index (χ1) is 16.0. The van der Waals surface area contributed by atoms with Crippen molar-refractivity contribution >= 4 is 39.0 Å². The van der Waals surface area contributed by atoms with Gasteiger partial charge in [-0.2, -0.15) is 4.98 Å². The van der Waals surface area contributed by atoms with Crippen molar-refractivity contribution in [2.75, 3.05) is 17.2 Å². The highest BCUT2D eigenvalue weighted by molar-refractivity contribution is 7.21. The van der Waals surface area contributed by atoms with Crippen LogP contribution < -0.4 is 10.6 Å². The average Bonchev–Trinajstić information content (AvgIpc) is 3.36. The maximum atomic E-state index is 10.3. The van der Waals surface area contributed by atoms with Gasteiger partial charge in [0.15, 0.2) is 0 Å². The molecule has 3 atom stereocenters. The Morgan fingerprint density at radius 1 is 1.06 bits per heavy atom. The molecular weight excluding hydrogens is 438 g/mol. The minimum Gasteiger partial charge on any atom is -0.508 e. The van der Waals surface area contributed by atoms with E-state index >= 15 is 0 Å². The van der Waals surface area contributed by atoms with Crippen LogP contribution in [-0.4, -0.2) is 49.0 Å². The van der Waals surface area contributed by atoms with Crippen LogP contribution >= 0.6 is 11.3 Å². The summed E-state index contributed by atoms with van der Waals surface area (Å²) in [6.45, 7) is 1.87. The van der Waals surface area contributed by atoms with Gasteiger partial charge in [-0.15, -0.1) is 11.3 Å². The molecule has 2 heterocycles. The molecule has 2 aromatic heterocycles. The lowest BCUT2D eigenvalue weighted by molar-refractivity contribution is 0.0908. The van der Waals surface area contributed by atoms with E-state index in [1.54, 1.807) is 29.5 Å². The highest BCUT2D eigenvalue weighted by atomic mass is 32.1. The van der Waals surface area contributed by atoms with E-state index in [1.807, 2.05) is 37.3 Å². The molecule has 9 heteroatoms. The predicted molar refractivity (Wildman–Crippen MR) is 130 cm³/mol. The largest absolute Gasteiger partial charge is 0.508 e. The molecule has 0 aliphatic heterocycles. The van der Waals surface area contributed by atoms with Crippen LogP contribution in [0.3, 0.4) is 0 Å². The number of aryl methyl sites for hydroxylation is 1. The van der Waals surface area contributed by atoms with Crippen LogP contribution in [0.2, 0.25) is 0 Å². The fraction of sp³-hybridized carbons (Fsp3) is 0.292. The molecule has 0 amide bonds. The first kappa shape index (κ1) is 21.6. The van der Waals surface area contributed by atoms with Crippen LogP contribution in [0.25, 0.3) is 20.8 Å². The van der Waals surface area contributed by atoms with E-state index in [4.69, 9.17) is 9.97 Å². The Labute approximate surface area is 195 Å². The topological polar surface area (TPSA) is 123 Å². The molecule has 1 aliphatic rings. The number of nitrogens with one attached hydrogen (secondary N) is 2. The van der Waals surface area contributed by atoms with E-state index in [0.29, 0.717) is 30.3 Å². The molecule has 1 fully saturated rings. The van der Waals surface area contributed by atoms with Crippen LogP contribution in [-0.2, 0) is 0 Å². The second-order valence-corrected chi connectivity index (χ2v) is 9.37. The molecule has 5 N–H and O–H groups in total. The Balaban J connectivity index is 1.55. The second kappa shape index (κ2) is 8.93. The number of aliphatic hydroxyl groups excluding tert-OH is 2.